The molecule has 0 aromatic heterocycles. The Morgan fingerprint density at radius 2 is 1.96 bits per heavy atom. The molecule has 2 fully saturated rings. The van der Waals surface area contributed by atoms with Crippen molar-refractivity contribution in [2.45, 2.75) is 59.5 Å². The Labute approximate surface area is 165 Å². The molecule has 0 heterocycles. The van der Waals surface area contributed by atoms with Gasteiger partial charge in [0.15, 0.2) is 5.78 Å². The number of rotatable bonds is 5. The number of esters is 1. The van der Waals surface area contributed by atoms with Gasteiger partial charge in [-0.25, -0.2) is 4.79 Å². The van der Waals surface area contributed by atoms with E-state index in [2.05, 4.69) is 20.8 Å². The summed E-state index contributed by atoms with van der Waals surface area (Å²) in [6, 6.07) is 0. The number of carbonyl (C=O) groups is 3. The molecule has 0 radical (unpaired) electrons. The maximum atomic E-state index is 12.9. The maximum Gasteiger partial charge on any atom is 0.328 e. The Balaban J connectivity index is 1.90. The third-order valence-corrected chi connectivity index (χ3v) is 7.10. The first-order valence-electron chi connectivity index (χ1n) is 9.96. The van der Waals surface area contributed by atoms with E-state index in [0.29, 0.717) is 12.0 Å². The Hall–Kier alpha value is -1.95. The fraction of sp³-hybridized carbons (Fsp3) is 0.682. The van der Waals surface area contributed by atoms with Crippen LogP contribution in [-0.2, 0) is 19.1 Å². The second kappa shape index (κ2) is 7.14. The van der Waals surface area contributed by atoms with Gasteiger partial charge in [-0.2, -0.15) is 0 Å². The summed E-state index contributed by atoms with van der Waals surface area (Å²) in [5.74, 6) is -1.71. The molecule has 28 heavy (non-hydrogen) atoms. The van der Waals surface area contributed by atoms with Gasteiger partial charge in [0, 0.05) is 18.9 Å². The Morgan fingerprint density at radius 3 is 2.57 bits per heavy atom. The molecular formula is C22H30O6. The predicted octanol–water partition coefficient (Wildman–Crippen LogP) is 2.90. The van der Waals surface area contributed by atoms with Gasteiger partial charge in [0.25, 0.3) is 0 Å². The van der Waals surface area contributed by atoms with E-state index in [0.717, 1.165) is 30.9 Å². The van der Waals surface area contributed by atoms with E-state index in [4.69, 9.17) is 9.84 Å². The molecule has 3 aliphatic rings. The minimum Gasteiger partial charge on any atom is -0.478 e. The quantitative estimate of drug-likeness (QED) is 0.553. The van der Waals surface area contributed by atoms with Gasteiger partial charge in [-0.1, -0.05) is 27.2 Å². The molecule has 0 bridgehead atoms. The summed E-state index contributed by atoms with van der Waals surface area (Å²) in [7, 11) is 0. The highest BCUT2D eigenvalue weighted by Crippen LogP contribution is 2.65. The number of ether oxygens (including phenoxy) is 1. The van der Waals surface area contributed by atoms with Crippen molar-refractivity contribution < 1.29 is 29.3 Å². The molecule has 0 amide bonds. The van der Waals surface area contributed by atoms with Gasteiger partial charge in [0.05, 0.1) is 6.10 Å². The maximum absolute atomic E-state index is 12.9. The molecule has 6 heteroatoms. The van der Waals surface area contributed by atoms with Crippen LogP contribution in [0.3, 0.4) is 0 Å². The third-order valence-electron chi connectivity index (χ3n) is 7.10. The van der Waals surface area contributed by atoms with Crippen molar-refractivity contribution in [1.82, 2.24) is 0 Å². The minimum atomic E-state index is -1.10. The molecular weight excluding hydrogens is 360 g/mol. The van der Waals surface area contributed by atoms with Crippen LogP contribution in [0, 0.1) is 28.6 Å². The molecule has 5 unspecified atom stereocenters. The lowest BCUT2D eigenvalue weighted by Gasteiger charge is -2.63. The summed E-state index contributed by atoms with van der Waals surface area (Å²) in [4.78, 5) is 35.2. The molecule has 154 valence electrons. The Kier molecular flexibility index (Phi) is 5.30. The minimum absolute atomic E-state index is 0.0410. The predicted molar refractivity (Wildman–Crippen MR) is 102 cm³/mol. The first kappa shape index (κ1) is 20.8. The van der Waals surface area contributed by atoms with Crippen LogP contribution in [0.5, 0.6) is 0 Å². The molecule has 2 N–H and O–H groups in total. The summed E-state index contributed by atoms with van der Waals surface area (Å²) in [6.07, 6.45) is 5.23. The lowest BCUT2D eigenvalue weighted by Crippen LogP contribution is -2.62. The summed E-state index contributed by atoms with van der Waals surface area (Å²) in [5.41, 5.74) is 0.906. The van der Waals surface area contributed by atoms with Crippen LogP contribution in [-0.4, -0.2) is 40.6 Å². The first-order chi connectivity index (χ1) is 13.0. The molecule has 0 saturated heterocycles. The molecule has 0 aromatic rings. The second-order valence-corrected chi connectivity index (χ2v) is 9.54. The van der Waals surface area contributed by atoms with E-state index in [9.17, 15) is 19.5 Å². The highest BCUT2D eigenvalue weighted by molar-refractivity contribution is 5.95. The van der Waals surface area contributed by atoms with E-state index in [1.54, 1.807) is 6.08 Å². The number of fused-ring (bicyclic) bond motifs is 3. The van der Waals surface area contributed by atoms with Crippen LogP contribution < -0.4 is 0 Å². The van der Waals surface area contributed by atoms with Crippen LogP contribution in [0.15, 0.2) is 23.3 Å². The standard InChI is InChI=1S/C22H30O6/c1-12(23)28-11-13(9-17(25)26)8-14-18-15(19(14)27)10-16(24)20-21(2,3)6-5-7-22(18,20)4/h9-10,14,18-20,27H,5-8,11H2,1-4H3,(H,25,26). The zero-order valence-electron chi connectivity index (χ0n) is 17.0. The van der Waals surface area contributed by atoms with Crippen LogP contribution in [0.1, 0.15) is 53.4 Å². The largest absolute Gasteiger partial charge is 0.478 e. The van der Waals surface area contributed by atoms with E-state index in [1.165, 1.54) is 6.92 Å². The van der Waals surface area contributed by atoms with Crippen molar-refractivity contribution in [3.05, 3.63) is 23.3 Å². The number of hydrogen-bond donors (Lipinski definition) is 2. The number of allylic oxidation sites excluding steroid dienone is 1. The SMILES string of the molecule is CC(=O)OCC(=CC(=O)O)CC1C(O)C2=CC(=O)C3C(C)(C)CCCC3(C)C21. The highest BCUT2D eigenvalue weighted by atomic mass is 16.5. The van der Waals surface area contributed by atoms with Gasteiger partial charge in [-0.3, -0.25) is 9.59 Å². The fourth-order valence-corrected chi connectivity index (χ4v) is 6.25. The van der Waals surface area contributed by atoms with E-state index in [1.807, 2.05) is 0 Å². The molecule has 0 spiro atoms. The van der Waals surface area contributed by atoms with Crippen LogP contribution in [0.4, 0.5) is 0 Å². The Morgan fingerprint density at radius 1 is 1.29 bits per heavy atom. The Bertz CT molecular complexity index is 761. The van der Waals surface area contributed by atoms with Crippen molar-refractivity contribution in [3.63, 3.8) is 0 Å². The number of carboxylic acid groups (broad SMARTS) is 1. The van der Waals surface area contributed by atoms with Crippen molar-refractivity contribution in [3.8, 4) is 0 Å². The summed E-state index contributed by atoms with van der Waals surface area (Å²) >= 11 is 0. The van der Waals surface area contributed by atoms with Crippen molar-refractivity contribution >= 4 is 17.7 Å². The lowest BCUT2D eigenvalue weighted by molar-refractivity contribution is -0.150. The molecule has 6 nitrogen and oxygen atoms in total. The van der Waals surface area contributed by atoms with Gasteiger partial charge in [-0.15, -0.1) is 0 Å². The van der Waals surface area contributed by atoms with Gasteiger partial charge in [-0.05, 0) is 59.2 Å². The van der Waals surface area contributed by atoms with Crippen LogP contribution in [0.2, 0.25) is 0 Å². The first-order valence-corrected chi connectivity index (χ1v) is 9.96. The van der Waals surface area contributed by atoms with E-state index >= 15 is 0 Å². The van der Waals surface area contributed by atoms with Crippen molar-refractivity contribution in [2.24, 2.45) is 28.6 Å². The number of ketones is 1. The van der Waals surface area contributed by atoms with Gasteiger partial charge < -0.3 is 14.9 Å². The molecule has 0 aliphatic heterocycles. The highest BCUT2D eigenvalue weighted by Gasteiger charge is 2.63. The third kappa shape index (κ3) is 3.43. The van der Waals surface area contributed by atoms with Gasteiger partial charge >= 0.3 is 11.9 Å². The molecule has 2 saturated carbocycles. The monoisotopic (exact) mass is 390 g/mol. The average Bonchev–Trinajstić information content (AvgIpc) is 2.55. The number of aliphatic hydroxyl groups is 1. The van der Waals surface area contributed by atoms with Crippen molar-refractivity contribution in [2.75, 3.05) is 6.61 Å². The van der Waals surface area contributed by atoms with E-state index in [-0.39, 0.29) is 41.0 Å². The van der Waals surface area contributed by atoms with E-state index < -0.39 is 18.0 Å². The number of aliphatic hydroxyl groups excluding tert-OH is 1. The summed E-state index contributed by atoms with van der Waals surface area (Å²) in [5, 5.41) is 19.9. The average molecular weight is 390 g/mol. The smallest absolute Gasteiger partial charge is 0.328 e. The lowest BCUT2D eigenvalue weighted by atomic mass is 9.41. The van der Waals surface area contributed by atoms with Gasteiger partial charge in [0.2, 0.25) is 0 Å². The molecule has 5 atom stereocenters. The second-order valence-electron chi connectivity index (χ2n) is 9.54. The number of hydrogen-bond acceptors (Lipinski definition) is 5. The number of carbonyl (C=O) groups excluding carboxylic acids is 2. The number of aliphatic carboxylic acids is 1. The zero-order chi connectivity index (χ0) is 20.9. The molecule has 3 aliphatic carbocycles. The fourth-order valence-electron chi connectivity index (χ4n) is 6.25. The zero-order valence-corrected chi connectivity index (χ0v) is 17.0. The van der Waals surface area contributed by atoms with Crippen LogP contribution in [0.25, 0.3) is 0 Å². The summed E-state index contributed by atoms with van der Waals surface area (Å²) in [6.45, 7) is 7.62. The molecule has 3 rings (SSSR count). The van der Waals surface area contributed by atoms with Gasteiger partial charge in [0.1, 0.15) is 6.61 Å². The topological polar surface area (TPSA) is 101 Å². The normalized spacial score (nSPS) is 36.5. The van der Waals surface area contributed by atoms with Crippen LogP contribution >= 0.6 is 0 Å². The summed E-state index contributed by atoms with van der Waals surface area (Å²) < 4.78 is 5.01. The van der Waals surface area contributed by atoms with Crippen molar-refractivity contribution in [1.29, 1.82) is 0 Å². The number of carboxylic acids is 1. The molecule has 0 aromatic carbocycles.